The van der Waals surface area contributed by atoms with Crippen molar-refractivity contribution in [3.8, 4) is 0 Å². The lowest BCUT2D eigenvalue weighted by atomic mass is 9.87. The molecule has 0 fully saturated rings. The van der Waals surface area contributed by atoms with E-state index in [-0.39, 0.29) is 4.90 Å². The van der Waals surface area contributed by atoms with Gasteiger partial charge in [0.1, 0.15) is 5.82 Å². The summed E-state index contributed by atoms with van der Waals surface area (Å²) in [6.07, 6.45) is 0. The number of rotatable bonds is 1. The normalized spacial score (nSPS) is 12.9. The molecule has 0 heterocycles. The summed E-state index contributed by atoms with van der Waals surface area (Å²) < 4.78 is 35.6. The molecular weight excluding hydrogens is 217 g/mol. The molecule has 0 amide bonds. The molecule has 15 heavy (non-hydrogen) atoms. The first-order valence-electron chi connectivity index (χ1n) is 4.45. The Labute approximate surface area is 89.2 Å². The van der Waals surface area contributed by atoms with Gasteiger partial charge in [-0.2, -0.15) is 0 Å². The van der Waals surface area contributed by atoms with Gasteiger partial charge in [0.2, 0.25) is 10.0 Å². The van der Waals surface area contributed by atoms with Gasteiger partial charge in [0.25, 0.3) is 0 Å². The lowest BCUT2D eigenvalue weighted by Gasteiger charge is -2.21. The predicted molar refractivity (Wildman–Crippen MR) is 56.5 cm³/mol. The molecule has 0 aliphatic heterocycles. The monoisotopic (exact) mass is 231 g/mol. The number of nitrogens with two attached hydrogens (primary N) is 1. The van der Waals surface area contributed by atoms with Gasteiger partial charge < -0.3 is 0 Å². The van der Waals surface area contributed by atoms with Gasteiger partial charge in [0.05, 0.1) is 4.90 Å². The van der Waals surface area contributed by atoms with Crippen molar-refractivity contribution in [2.45, 2.75) is 31.1 Å². The fourth-order valence-corrected chi connectivity index (χ4v) is 2.27. The lowest BCUT2D eigenvalue weighted by Crippen LogP contribution is -2.21. The van der Waals surface area contributed by atoms with Crippen LogP contribution in [0.15, 0.2) is 23.1 Å². The summed E-state index contributed by atoms with van der Waals surface area (Å²) >= 11 is 0. The van der Waals surface area contributed by atoms with E-state index in [1.54, 1.807) is 20.8 Å². The number of benzene rings is 1. The van der Waals surface area contributed by atoms with E-state index in [0.29, 0.717) is 5.56 Å². The number of primary sulfonamides is 1. The first kappa shape index (κ1) is 12.1. The molecule has 0 unspecified atom stereocenters. The molecule has 0 saturated carbocycles. The predicted octanol–water partition coefficient (Wildman–Crippen LogP) is 1.77. The van der Waals surface area contributed by atoms with E-state index in [4.69, 9.17) is 5.14 Å². The van der Waals surface area contributed by atoms with Crippen molar-refractivity contribution >= 4 is 10.0 Å². The van der Waals surface area contributed by atoms with Crippen LogP contribution in [0.2, 0.25) is 0 Å². The summed E-state index contributed by atoms with van der Waals surface area (Å²) in [5.74, 6) is -0.465. The molecule has 0 aliphatic rings. The quantitative estimate of drug-likeness (QED) is 0.800. The Balaban J connectivity index is 3.55. The molecule has 3 nitrogen and oxygen atoms in total. The Bertz CT molecular complexity index is 475. The Kier molecular flexibility index (Phi) is 2.89. The minimum Gasteiger partial charge on any atom is -0.225 e. The maximum Gasteiger partial charge on any atom is 0.238 e. The Hall–Kier alpha value is -0.940. The summed E-state index contributed by atoms with van der Waals surface area (Å²) in [4.78, 5) is -0.0172. The second-order valence-electron chi connectivity index (χ2n) is 4.44. The molecule has 0 aromatic heterocycles. The highest BCUT2D eigenvalue weighted by atomic mass is 32.2. The summed E-state index contributed by atoms with van der Waals surface area (Å²) in [5, 5.41) is 5.05. The van der Waals surface area contributed by atoms with Gasteiger partial charge >= 0.3 is 0 Å². The maximum atomic E-state index is 13.0. The lowest BCUT2D eigenvalue weighted by molar-refractivity contribution is 0.549. The molecular formula is C10H14FNO2S. The molecule has 1 aromatic carbocycles. The highest BCUT2D eigenvalue weighted by Crippen LogP contribution is 2.28. The molecule has 0 aliphatic carbocycles. The van der Waals surface area contributed by atoms with Crippen molar-refractivity contribution in [3.05, 3.63) is 29.6 Å². The van der Waals surface area contributed by atoms with Crippen LogP contribution < -0.4 is 5.14 Å². The molecule has 84 valence electrons. The second-order valence-corrected chi connectivity index (χ2v) is 5.97. The average molecular weight is 231 g/mol. The van der Waals surface area contributed by atoms with E-state index in [0.717, 1.165) is 6.07 Å². The zero-order valence-electron chi connectivity index (χ0n) is 8.91. The van der Waals surface area contributed by atoms with Gasteiger partial charge in [0.15, 0.2) is 0 Å². The van der Waals surface area contributed by atoms with E-state index >= 15 is 0 Å². The summed E-state index contributed by atoms with van der Waals surface area (Å²) in [6.45, 7) is 5.41. The SMILES string of the molecule is CC(C)(C)c1cc(F)ccc1S(N)(=O)=O. The van der Waals surface area contributed by atoms with Crippen molar-refractivity contribution in [3.63, 3.8) is 0 Å². The number of hydrogen-bond donors (Lipinski definition) is 1. The van der Waals surface area contributed by atoms with Crippen LogP contribution >= 0.6 is 0 Å². The van der Waals surface area contributed by atoms with Crippen LogP contribution in [0, 0.1) is 5.82 Å². The Morgan fingerprint density at radius 3 is 2.20 bits per heavy atom. The van der Waals surface area contributed by atoms with Gasteiger partial charge in [-0.15, -0.1) is 0 Å². The molecule has 0 spiro atoms. The van der Waals surface area contributed by atoms with Crippen LogP contribution in [-0.4, -0.2) is 8.42 Å². The van der Waals surface area contributed by atoms with Crippen LogP contribution in [0.1, 0.15) is 26.3 Å². The zero-order valence-corrected chi connectivity index (χ0v) is 9.73. The number of halogens is 1. The van der Waals surface area contributed by atoms with Crippen molar-refractivity contribution < 1.29 is 12.8 Å². The Morgan fingerprint density at radius 1 is 1.27 bits per heavy atom. The third-order valence-electron chi connectivity index (χ3n) is 2.06. The summed E-state index contributed by atoms with van der Waals surface area (Å²) in [7, 11) is -3.80. The zero-order chi connectivity index (χ0) is 11.9. The van der Waals surface area contributed by atoms with E-state index in [1.165, 1.54) is 12.1 Å². The minimum atomic E-state index is -3.80. The van der Waals surface area contributed by atoms with E-state index < -0.39 is 21.3 Å². The minimum absolute atomic E-state index is 0.0172. The van der Waals surface area contributed by atoms with Crippen molar-refractivity contribution in [1.82, 2.24) is 0 Å². The molecule has 5 heteroatoms. The third-order valence-corrected chi connectivity index (χ3v) is 3.03. The van der Waals surface area contributed by atoms with Gasteiger partial charge in [-0.3, -0.25) is 0 Å². The van der Waals surface area contributed by atoms with Gasteiger partial charge in [-0.1, -0.05) is 20.8 Å². The molecule has 0 saturated heterocycles. The van der Waals surface area contributed by atoms with Gasteiger partial charge in [0, 0.05) is 0 Å². The molecule has 2 N–H and O–H groups in total. The largest absolute Gasteiger partial charge is 0.238 e. The maximum absolute atomic E-state index is 13.0. The van der Waals surface area contributed by atoms with E-state index in [1.807, 2.05) is 0 Å². The first-order chi connectivity index (χ1) is 6.62. The van der Waals surface area contributed by atoms with E-state index in [9.17, 15) is 12.8 Å². The Morgan fingerprint density at radius 2 is 1.80 bits per heavy atom. The molecule has 0 radical (unpaired) electrons. The second kappa shape index (κ2) is 3.57. The van der Waals surface area contributed by atoms with Gasteiger partial charge in [-0.05, 0) is 29.2 Å². The summed E-state index contributed by atoms with van der Waals surface area (Å²) in [6, 6.07) is 3.50. The highest BCUT2D eigenvalue weighted by Gasteiger charge is 2.23. The third kappa shape index (κ3) is 2.76. The van der Waals surface area contributed by atoms with Crippen LogP contribution in [0.5, 0.6) is 0 Å². The highest BCUT2D eigenvalue weighted by molar-refractivity contribution is 7.89. The fraction of sp³-hybridized carbons (Fsp3) is 0.400. The van der Waals surface area contributed by atoms with Crippen LogP contribution in [0.25, 0.3) is 0 Å². The van der Waals surface area contributed by atoms with Crippen molar-refractivity contribution in [2.24, 2.45) is 5.14 Å². The van der Waals surface area contributed by atoms with Crippen LogP contribution in [0.4, 0.5) is 4.39 Å². The first-order valence-corrected chi connectivity index (χ1v) is 6.00. The standard InChI is InChI=1S/C10H14FNO2S/c1-10(2,3)8-6-7(11)4-5-9(8)15(12,13)14/h4-6H,1-3H3,(H2,12,13,14). The fourth-order valence-electron chi connectivity index (χ4n) is 1.34. The van der Waals surface area contributed by atoms with Gasteiger partial charge in [-0.25, -0.2) is 17.9 Å². The topological polar surface area (TPSA) is 60.2 Å². The van der Waals surface area contributed by atoms with Crippen LogP contribution in [-0.2, 0) is 15.4 Å². The molecule has 0 atom stereocenters. The smallest absolute Gasteiger partial charge is 0.225 e. The van der Waals surface area contributed by atoms with E-state index in [2.05, 4.69) is 0 Å². The number of hydrogen-bond acceptors (Lipinski definition) is 2. The van der Waals surface area contributed by atoms with Crippen LogP contribution in [0.3, 0.4) is 0 Å². The average Bonchev–Trinajstić information content (AvgIpc) is 2.00. The van der Waals surface area contributed by atoms with Crippen molar-refractivity contribution in [1.29, 1.82) is 0 Å². The summed E-state index contributed by atoms with van der Waals surface area (Å²) in [5.41, 5.74) is -0.0749. The number of sulfonamides is 1. The van der Waals surface area contributed by atoms with Crippen molar-refractivity contribution in [2.75, 3.05) is 0 Å². The molecule has 0 bridgehead atoms. The molecule has 1 rings (SSSR count). The molecule has 1 aromatic rings.